The van der Waals surface area contributed by atoms with Gasteiger partial charge in [0, 0.05) is 26.2 Å². The minimum Gasteiger partial charge on any atom is -0.452 e. The van der Waals surface area contributed by atoms with Crippen LogP contribution in [0.5, 0.6) is 0 Å². The van der Waals surface area contributed by atoms with Gasteiger partial charge in [0.1, 0.15) is 5.52 Å². The van der Waals surface area contributed by atoms with Crippen LogP contribution < -0.4 is 10.2 Å². The number of oxazole rings is 1. The molecule has 3 amide bonds. The summed E-state index contributed by atoms with van der Waals surface area (Å²) in [6, 6.07) is 7.68. The number of amides is 3. The van der Waals surface area contributed by atoms with Crippen LogP contribution in [0.15, 0.2) is 28.7 Å². The highest BCUT2D eigenvalue weighted by molar-refractivity contribution is 5.98. The molecule has 3 heterocycles. The van der Waals surface area contributed by atoms with Crippen LogP contribution in [0.3, 0.4) is 0 Å². The number of hydrogen-bond acceptors (Lipinski definition) is 7. The van der Waals surface area contributed by atoms with Crippen LogP contribution in [0.1, 0.15) is 19.8 Å². The fourth-order valence-electron chi connectivity index (χ4n) is 3.52. The summed E-state index contributed by atoms with van der Waals surface area (Å²) in [5.74, 6) is -1.19. The number of fused-ring (bicyclic) bond motifs is 1. The molecule has 1 aromatic heterocycles. The predicted octanol–water partition coefficient (Wildman–Crippen LogP) is 1.53. The number of aromatic nitrogens is 1. The maximum absolute atomic E-state index is 12.4. The van der Waals surface area contributed by atoms with Crippen molar-refractivity contribution in [2.75, 3.05) is 31.1 Å². The van der Waals surface area contributed by atoms with Gasteiger partial charge >= 0.3 is 12.0 Å². The lowest BCUT2D eigenvalue weighted by Gasteiger charge is -2.30. The lowest BCUT2D eigenvalue weighted by Crippen LogP contribution is -2.43. The second-order valence-corrected chi connectivity index (χ2v) is 7.03. The molecule has 2 saturated heterocycles. The molecule has 2 aliphatic rings. The molecule has 0 bridgehead atoms. The van der Waals surface area contributed by atoms with Crippen molar-refractivity contribution < 1.29 is 23.5 Å². The van der Waals surface area contributed by atoms with Crippen molar-refractivity contribution in [2.24, 2.45) is 5.92 Å². The lowest BCUT2D eigenvalue weighted by molar-refractivity contribution is -0.161. The van der Waals surface area contributed by atoms with Crippen LogP contribution in [0, 0.1) is 5.92 Å². The van der Waals surface area contributed by atoms with Gasteiger partial charge in [0.05, 0.1) is 5.92 Å². The van der Waals surface area contributed by atoms with E-state index in [1.165, 1.54) is 6.92 Å². The molecule has 1 N–H and O–H groups in total. The molecule has 1 aromatic carbocycles. The van der Waals surface area contributed by atoms with E-state index in [4.69, 9.17) is 9.15 Å². The van der Waals surface area contributed by atoms with Gasteiger partial charge in [-0.2, -0.15) is 4.98 Å². The number of para-hydroxylation sites is 2. The molecule has 2 aromatic rings. The van der Waals surface area contributed by atoms with Crippen molar-refractivity contribution in [2.45, 2.75) is 25.9 Å². The Morgan fingerprint density at radius 3 is 2.68 bits per heavy atom. The minimum atomic E-state index is -0.980. The van der Waals surface area contributed by atoms with Crippen LogP contribution >= 0.6 is 0 Å². The topological polar surface area (TPSA) is 105 Å². The number of nitrogens with one attached hydrogen (secondary N) is 1. The Balaban J connectivity index is 1.31. The zero-order valence-electron chi connectivity index (χ0n) is 15.6. The summed E-state index contributed by atoms with van der Waals surface area (Å²) in [5, 5.41) is 2.56. The predicted molar refractivity (Wildman–Crippen MR) is 99.6 cm³/mol. The van der Waals surface area contributed by atoms with E-state index in [0.29, 0.717) is 45.0 Å². The number of imide groups is 1. The van der Waals surface area contributed by atoms with Gasteiger partial charge in [-0.05, 0) is 31.9 Å². The Kier molecular flexibility index (Phi) is 4.89. The number of esters is 1. The van der Waals surface area contributed by atoms with E-state index < -0.39 is 24.0 Å². The highest BCUT2D eigenvalue weighted by Gasteiger charge is 2.34. The van der Waals surface area contributed by atoms with Crippen molar-refractivity contribution in [3.8, 4) is 0 Å². The largest absolute Gasteiger partial charge is 0.452 e. The van der Waals surface area contributed by atoms with E-state index in [0.717, 1.165) is 16.0 Å². The average molecular weight is 386 g/mol. The maximum atomic E-state index is 12.4. The Hall–Kier alpha value is -3.10. The summed E-state index contributed by atoms with van der Waals surface area (Å²) in [6.07, 6.45) is 0.192. The molecule has 0 radical (unpaired) electrons. The number of nitrogens with zero attached hydrogens (tertiary/aromatic N) is 3. The third-order valence-electron chi connectivity index (χ3n) is 5.14. The molecule has 1 unspecified atom stereocenters. The molecular formula is C19H22N4O5. The van der Waals surface area contributed by atoms with Crippen LogP contribution in [-0.4, -0.2) is 60.1 Å². The van der Waals surface area contributed by atoms with Gasteiger partial charge < -0.3 is 19.4 Å². The van der Waals surface area contributed by atoms with E-state index in [9.17, 15) is 14.4 Å². The van der Waals surface area contributed by atoms with Gasteiger partial charge in [-0.3, -0.25) is 14.5 Å². The number of carbonyl (C=O) groups excluding carboxylic acids is 3. The average Bonchev–Trinajstić information content (AvgIpc) is 3.33. The van der Waals surface area contributed by atoms with E-state index in [1.54, 1.807) is 0 Å². The SMILES string of the molecule is CC(OC(=O)C1CCN(c2nc3ccccc3o2)CC1)C(=O)N1CCNC1=O. The third-order valence-corrected chi connectivity index (χ3v) is 5.14. The zero-order valence-corrected chi connectivity index (χ0v) is 15.6. The van der Waals surface area contributed by atoms with Gasteiger partial charge in [-0.25, -0.2) is 4.79 Å². The summed E-state index contributed by atoms with van der Waals surface area (Å²) >= 11 is 0. The van der Waals surface area contributed by atoms with Gasteiger partial charge in [0.15, 0.2) is 11.7 Å². The van der Waals surface area contributed by atoms with Crippen molar-refractivity contribution in [3.63, 3.8) is 0 Å². The molecule has 9 heteroatoms. The molecule has 28 heavy (non-hydrogen) atoms. The van der Waals surface area contributed by atoms with Crippen molar-refractivity contribution in [3.05, 3.63) is 24.3 Å². The van der Waals surface area contributed by atoms with Crippen LogP contribution in [0.25, 0.3) is 11.1 Å². The van der Waals surface area contributed by atoms with Crippen molar-refractivity contribution in [1.82, 2.24) is 15.2 Å². The van der Waals surface area contributed by atoms with Gasteiger partial charge in [0.2, 0.25) is 0 Å². The number of benzene rings is 1. The van der Waals surface area contributed by atoms with Crippen molar-refractivity contribution >= 4 is 35.0 Å². The number of ether oxygens (including phenoxy) is 1. The van der Waals surface area contributed by atoms with E-state index in [-0.39, 0.29) is 5.92 Å². The fraction of sp³-hybridized carbons (Fsp3) is 0.474. The maximum Gasteiger partial charge on any atom is 0.324 e. The first kappa shape index (κ1) is 18.3. The minimum absolute atomic E-state index is 0.289. The molecule has 148 valence electrons. The summed E-state index contributed by atoms with van der Waals surface area (Å²) in [7, 11) is 0. The number of anilines is 1. The molecule has 1 atom stereocenters. The Labute approximate surface area is 161 Å². The molecule has 9 nitrogen and oxygen atoms in total. The molecule has 0 saturated carbocycles. The standard InChI is InChI=1S/C19H22N4O5/c1-12(16(24)23-11-8-20-18(23)26)27-17(25)13-6-9-22(10-7-13)19-21-14-4-2-3-5-15(14)28-19/h2-5,12-13H,6-11H2,1H3,(H,20,26). The smallest absolute Gasteiger partial charge is 0.324 e. The van der Waals surface area contributed by atoms with Crippen LogP contribution in [-0.2, 0) is 14.3 Å². The molecule has 2 aliphatic heterocycles. The molecule has 4 rings (SSSR count). The van der Waals surface area contributed by atoms with Gasteiger partial charge in [-0.1, -0.05) is 12.1 Å². The Morgan fingerprint density at radius 1 is 1.25 bits per heavy atom. The summed E-state index contributed by atoms with van der Waals surface area (Å²) in [6.45, 7) is 3.44. The van der Waals surface area contributed by atoms with Crippen molar-refractivity contribution in [1.29, 1.82) is 0 Å². The second kappa shape index (κ2) is 7.49. The zero-order chi connectivity index (χ0) is 19.7. The number of hydrogen-bond donors (Lipinski definition) is 1. The van der Waals surface area contributed by atoms with E-state index in [1.807, 2.05) is 29.2 Å². The fourth-order valence-corrected chi connectivity index (χ4v) is 3.52. The normalized spacial score (nSPS) is 19.0. The number of piperidine rings is 1. The first-order valence-corrected chi connectivity index (χ1v) is 9.43. The summed E-state index contributed by atoms with van der Waals surface area (Å²) in [4.78, 5) is 43.8. The quantitative estimate of drug-likeness (QED) is 0.795. The molecule has 2 fully saturated rings. The van der Waals surface area contributed by atoms with Gasteiger partial charge in [-0.15, -0.1) is 0 Å². The van der Waals surface area contributed by atoms with Crippen LogP contribution in [0.4, 0.5) is 10.8 Å². The first-order chi connectivity index (χ1) is 13.5. The third kappa shape index (κ3) is 3.51. The van der Waals surface area contributed by atoms with Gasteiger partial charge in [0.25, 0.3) is 11.9 Å². The Morgan fingerprint density at radius 2 is 2.00 bits per heavy atom. The number of rotatable bonds is 4. The monoisotopic (exact) mass is 386 g/mol. The lowest BCUT2D eigenvalue weighted by atomic mass is 9.97. The second-order valence-electron chi connectivity index (χ2n) is 7.03. The molecule has 0 aliphatic carbocycles. The number of urea groups is 1. The highest BCUT2D eigenvalue weighted by atomic mass is 16.5. The summed E-state index contributed by atoms with van der Waals surface area (Å²) < 4.78 is 11.1. The first-order valence-electron chi connectivity index (χ1n) is 9.43. The molecular weight excluding hydrogens is 364 g/mol. The van der Waals surface area contributed by atoms with E-state index >= 15 is 0 Å². The van der Waals surface area contributed by atoms with Crippen LogP contribution in [0.2, 0.25) is 0 Å². The highest BCUT2D eigenvalue weighted by Crippen LogP contribution is 2.27. The summed E-state index contributed by atoms with van der Waals surface area (Å²) in [5.41, 5.74) is 1.54. The van der Waals surface area contributed by atoms with E-state index in [2.05, 4.69) is 10.3 Å². The Bertz CT molecular complexity index is 870. The number of carbonyl (C=O) groups is 3. The molecule has 0 spiro atoms.